The van der Waals surface area contributed by atoms with E-state index in [0.717, 1.165) is 0 Å². The molecule has 148 valence electrons. The molecule has 2 aromatic carbocycles. The predicted octanol–water partition coefficient (Wildman–Crippen LogP) is 2.09. The zero-order chi connectivity index (χ0) is 20.1. The van der Waals surface area contributed by atoms with E-state index >= 15 is 0 Å². The number of nitrogens with one attached hydrogen (secondary N) is 2. The van der Waals surface area contributed by atoms with Gasteiger partial charge < -0.3 is 10.6 Å². The Morgan fingerprint density at radius 3 is 2.36 bits per heavy atom. The lowest BCUT2D eigenvalue weighted by Crippen LogP contribution is -2.43. The van der Waals surface area contributed by atoms with Crippen molar-refractivity contribution in [2.24, 2.45) is 5.92 Å². The number of hydrogen-bond acceptors (Lipinski definition) is 4. The van der Waals surface area contributed by atoms with Crippen molar-refractivity contribution >= 4 is 27.5 Å². The van der Waals surface area contributed by atoms with E-state index in [1.165, 1.54) is 4.31 Å². The number of piperidine rings is 1. The minimum atomic E-state index is -3.61. The first kappa shape index (κ1) is 20.0. The Kier molecular flexibility index (Phi) is 6.11. The summed E-state index contributed by atoms with van der Waals surface area (Å²) in [5, 5.41) is 5.35. The fourth-order valence-corrected chi connectivity index (χ4v) is 4.75. The molecule has 7 nitrogen and oxygen atoms in total. The molecule has 0 spiro atoms. The average molecular weight is 401 g/mol. The van der Waals surface area contributed by atoms with E-state index < -0.39 is 15.9 Å². The predicted molar refractivity (Wildman–Crippen MR) is 106 cm³/mol. The van der Waals surface area contributed by atoms with Gasteiger partial charge in [0.2, 0.25) is 15.9 Å². The number of benzene rings is 2. The summed E-state index contributed by atoms with van der Waals surface area (Å²) >= 11 is 0. The molecule has 28 heavy (non-hydrogen) atoms. The normalized spacial score (nSPS) is 17.7. The molecule has 1 heterocycles. The minimum absolute atomic E-state index is 0.152. The lowest BCUT2D eigenvalue weighted by molar-refractivity contribution is -0.120. The van der Waals surface area contributed by atoms with E-state index in [9.17, 15) is 18.0 Å². The molecule has 0 bridgehead atoms. The highest BCUT2D eigenvalue weighted by Gasteiger charge is 2.33. The number of nitrogens with zero attached hydrogens (tertiary/aromatic N) is 1. The van der Waals surface area contributed by atoms with E-state index in [1.807, 2.05) is 0 Å². The van der Waals surface area contributed by atoms with Crippen molar-refractivity contribution in [3.8, 4) is 0 Å². The summed E-state index contributed by atoms with van der Waals surface area (Å²) in [6.07, 6.45) is 1.25. The molecule has 0 aliphatic carbocycles. The number of anilines is 1. The molecule has 0 saturated carbocycles. The van der Waals surface area contributed by atoms with Crippen LogP contribution in [0.5, 0.6) is 0 Å². The molecule has 2 aromatic rings. The van der Waals surface area contributed by atoms with Crippen molar-refractivity contribution in [1.29, 1.82) is 0 Å². The molecular formula is C20H23N3O4S. The highest BCUT2D eigenvalue weighted by Crippen LogP contribution is 2.24. The number of hydrogen-bond donors (Lipinski definition) is 2. The van der Waals surface area contributed by atoms with Gasteiger partial charge >= 0.3 is 0 Å². The highest BCUT2D eigenvalue weighted by molar-refractivity contribution is 7.89. The first-order valence-electron chi connectivity index (χ1n) is 9.10. The second-order valence-corrected chi connectivity index (χ2v) is 8.60. The maximum absolute atomic E-state index is 12.8. The third kappa shape index (κ3) is 4.40. The lowest BCUT2D eigenvalue weighted by atomic mass is 9.98. The molecule has 1 aliphatic heterocycles. The third-order valence-corrected chi connectivity index (χ3v) is 6.66. The van der Waals surface area contributed by atoms with Gasteiger partial charge in [0.25, 0.3) is 5.91 Å². The van der Waals surface area contributed by atoms with Gasteiger partial charge in [-0.25, -0.2) is 8.42 Å². The Bertz CT molecular complexity index is 943. The SMILES string of the molecule is CNC(=O)c1ccc(NC(=O)C2CCCN(S(=O)(=O)c3ccccc3)C2)cc1. The number of carbonyl (C=O) groups excluding carboxylic acids is 2. The summed E-state index contributed by atoms with van der Waals surface area (Å²) in [5.74, 6) is -0.849. The standard InChI is InChI=1S/C20H23N3O4S/c1-21-19(24)15-9-11-17(12-10-15)22-20(25)16-6-5-13-23(14-16)28(26,27)18-7-3-2-4-8-18/h2-4,7-12,16H,5-6,13-14H2,1H3,(H,21,24)(H,22,25). The van der Waals surface area contributed by atoms with Gasteiger partial charge in [0.15, 0.2) is 0 Å². The summed E-state index contributed by atoms with van der Waals surface area (Å²) in [7, 11) is -2.06. The smallest absolute Gasteiger partial charge is 0.251 e. The van der Waals surface area contributed by atoms with Gasteiger partial charge in [0.05, 0.1) is 10.8 Å². The molecule has 0 radical (unpaired) electrons. The zero-order valence-corrected chi connectivity index (χ0v) is 16.4. The van der Waals surface area contributed by atoms with Gasteiger partial charge in [0, 0.05) is 31.4 Å². The Hall–Kier alpha value is -2.71. The maximum Gasteiger partial charge on any atom is 0.251 e. The van der Waals surface area contributed by atoms with Crippen molar-refractivity contribution in [2.75, 3.05) is 25.5 Å². The molecule has 1 saturated heterocycles. The Balaban J connectivity index is 1.67. The first-order valence-corrected chi connectivity index (χ1v) is 10.5. The van der Waals surface area contributed by atoms with Gasteiger partial charge in [-0.3, -0.25) is 9.59 Å². The highest BCUT2D eigenvalue weighted by atomic mass is 32.2. The van der Waals surface area contributed by atoms with Crippen LogP contribution in [0.2, 0.25) is 0 Å². The van der Waals surface area contributed by atoms with Crippen LogP contribution < -0.4 is 10.6 Å². The van der Waals surface area contributed by atoms with Gasteiger partial charge in [0.1, 0.15) is 0 Å². The fraction of sp³-hybridized carbons (Fsp3) is 0.300. The van der Waals surface area contributed by atoms with Crippen LogP contribution in [-0.4, -0.2) is 44.7 Å². The Morgan fingerprint density at radius 1 is 1.04 bits per heavy atom. The van der Waals surface area contributed by atoms with Crippen LogP contribution in [0.3, 0.4) is 0 Å². The fourth-order valence-electron chi connectivity index (χ4n) is 3.21. The van der Waals surface area contributed by atoms with Crippen molar-refractivity contribution in [3.05, 3.63) is 60.2 Å². The largest absolute Gasteiger partial charge is 0.355 e. The number of sulfonamides is 1. The molecule has 8 heteroatoms. The van der Waals surface area contributed by atoms with E-state index in [-0.39, 0.29) is 23.3 Å². The van der Waals surface area contributed by atoms with Crippen LogP contribution >= 0.6 is 0 Å². The van der Waals surface area contributed by atoms with Gasteiger partial charge in [-0.15, -0.1) is 0 Å². The molecule has 1 unspecified atom stereocenters. The lowest BCUT2D eigenvalue weighted by Gasteiger charge is -2.31. The number of amides is 2. The van der Waals surface area contributed by atoms with Crippen molar-refractivity contribution in [1.82, 2.24) is 9.62 Å². The van der Waals surface area contributed by atoms with E-state index in [2.05, 4.69) is 10.6 Å². The van der Waals surface area contributed by atoms with E-state index in [4.69, 9.17) is 0 Å². The van der Waals surface area contributed by atoms with Gasteiger partial charge in [-0.05, 0) is 49.2 Å². The van der Waals surface area contributed by atoms with Crippen molar-refractivity contribution < 1.29 is 18.0 Å². The second-order valence-electron chi connectivity index (χ2n) is 6.66. The summed E-state index contributed by atoms with van der Waals surface area (Å²) in [6, 6.07) is 14.8. The van der Waals surface area contributed by atoms with Crippen LogP contribution in [-0.2, 0) is 14.8 Å². The first-order chi connectivity index (χ1) is 13.4. The second kappa shape index (κ2) is 8.53. The van der Waals surface area contributed by atoms with Crippen LogP contribution in [0, 0.1) is 5.92 Å². The molecule has 1 fully saturated rings. The Morgan fingerprint density at radius 2 is 1.71 bits per heavy atom. The zero-order valence-electron chi connectivity index (χ0n) is 15.6. The monoisotopic (exact) mass is 401 g/mol. The molecule has 1 atom stereocenters. The quantitative estimate of drug-likeness (QED) is 0.802. The average Bonchev–Trinajstić information content (AvgIpc) is 2.74. The summed E-state index contributed by atoms with van der Waals surface area (Å²) < 4.78 is 27.0. The molecule has 2 amide bonds. The third-order valence-electron chi connectivity index (χ3n) is 4.78. The van der Waals surface area contributed by atoms with E-state index in [1.54, 1.807) is 61.6 Å². The molecule has 0 aromatic heterocycles. The van der Waals surface area contributed by atoms with E-state index in [0.29, 0.717) is 30.6 Å². The van der Waals surface area contributed by atoms with Crippen LogP contribution in [0.25, 0.3) is 0 Å². The van der Waals surface area contributed by atoms with Gasteiger partial charge in [-0.1, -0.05) is 18.2 Å². The number of rotatable bonds is 5. The van der Waals surface area contributed by atoms with Gasteiger partial charge in [-0.2, -0.15) is 4.31 Å². The van der Waals surface area contributed by atoms with Crippen molar-refractivity contribution in [2.45, 2.75) is 17.7 Å². The molecule has 1 aliphatic rings. The summed E-state index contributed by atoms with van der Waals surface area (Å²) in [6.45, 7) is 0.557. The molecular weight excluding hydrogens is 378 g/mol. The Labute approximate surface area is 164 Å². The van der Waals surface area contributed by atoms with Crippen LogP contribution in [0.4, 0.5) is 5.69 Å². The topological polar surface area (TPSA) is 95.6 Å². The molecule has 2 N–H and O–H groups in total. The van der Waals surface area contributed by atoms with Crippen molar-refractivity contribution in [3.63, 3.8) is 0 Å². The molecule has 3 rings (SSSR count). The van der Waals surface area contributed by atoms with Crippen LogP contribution in [0.15, 0.2) is 59.5 Å². The summed E-state index contributed by atoms with van der Waals surface area (Å²) in [5.41, 5.74) is 1.07. The number of carbonyl (C=O) groups is 2. The summed E-state index contributed by atoms with van der Waals surface area (Å²) in [4.78, 5) is 24.5. The van der Waals surface area contributed by atoms with Crippen LogP contribution in [0.1, 0.15) is 23.2 Å². The minimum Gasteiger partial charge on any atom is -0.355 e. The maximum atomic E-state index is 12.8.